The van der Waals surface area contributed by atoms with Crippen molar-refractivity contribution >= 4 is 33.7 Å². The Labute approximate surface area is 183 Å². The largest absolute Gasteiger partial charge is 0.488 e. The maximum Gasteiger partial charge on any atom is 0.267 e. The lowest BCUT2D eigenvalue weighted by Gasteiger charge is -2.10. The Morgan fingerprint density at radius 3 is 2.63 bits per heavy atom. The minimum absolute atomic E-state index is 0.165. The van der Waals surface area contributed by atoms with Crippen LogP contribution in [0.1, 0.15) is 32.1 Å². The maximum atomic E-state index is 12.6. The van der Waals surface area contributed by atoms with Crippen molar-refractivity contribution in [1.82, 2.24) is 14.8 Å². The van der Waals surface area contributed by atoms with Crippen LogP contribution in [0.3, 0.4) is 0 Å². The monoisotopic (exact) mass is 438 g/mol. The van der Waals surface area contributed by atoms with Gasteiger partial charge in [0, 0.05) is 29.2 Å². The van der Waals surface area contributed by atoms with Gasteiger partial charge in [-0.05, 0) is 43.3 Å². The van der Waals surface area contributed by atoms with Gasteiger partial charge in [0.2, 0.25) is 0 Å². The number of para-hydroxylation sites is 1. The molecule has 4 rings (SSSR count). The molecule has 154 valence electrons. The van der Waals surface area contributed by atoms with Crippen molar-refractivity contribution in [2.45, 2.75) is 27.4 Å². The normalized spacial score (nSPS) is 10.9. The van der Waals surface area contributed by atoms with Gasteiger partial charge < -0.3 is 4.74 Å². The van der Waals surface area contributed by atoms with Crippen molar-refractivity contribution in [3.63, 3.8) is 0 Å². The van der Waals surface area contributed by atoms with Gasteiger partial charge in [0.25, 0.3) is 5.91 Å². The molecular weight excluding hydrogens is 416 g/mol. The van der Waals surface area contributed by atoms with Gasteiger partial charge in [-0.25, -0.2) is 4.98 Å². The van der Waals surface area contributed by atoms with Crippen LogP contribution in [-0.4, -0.2) is 20.7 Å². The van der Waals surface area contributed by atoms with Crippen LogP contribution >= 0.6 is 22.7 Å². The van der Waals surface area contributed by atoms with E-state index in [0.717, 1.165) is 39.4 Å². The van der Waals surface area contributed by atoms with E-state index >= 15 is 0 Å². The predicted molar refractivity (Wildman–Crippen MR) is 122 cm³/mol. The molecule has 3 aromatic heterocycles. The summed E-state index contributed by atoms with van der Waals surface area (Å²) in [6.45, 7) is 6.49. The van der Waals surface area contributed by atoms with Crippen LogP contribution < -0.4 is 10.1 Å². The summed E-state index contributed by atoms with van der Waals surface area (Å²) in [7, 11) is 1.90. The van der Waals surface area contributed by atoms with Gasteiger partial charge in [-0.2, -0.15) is 5.10 Å². The Bertz CT molecular complexity index is 1190. The smallest absolute Gasteiger partial charge is 0.267 e. The molecule has 30 heavy (non-hydrogen) atoms. The molecule has 0 aliphatic carbocycles. The second-order valence-corrected chi connectivity index (χ2v) is 8.86. The Morgan fingerprint density at radius 2 is 1.93 bits per heavy atom. The van der Waals surface area contributed by atoms with Gasteiger partial charge in [-0.1, -0.05) is 18.2 Å². The highest BCUT2D eigenvalue weighted by molar-refractivity contribution is 7.14. The summed E-state index contributed by atoms with van der Waals surface area (Å²) in [6.07, 6.45) is 1.79. The number of thiophene rings is 1. The number of ether oxygens (including phenoxy) is 1. The van der Waals surface area contributed by atoms with Crippen LogP contribution in [0.25, 0.3) is 11.3 Å². The Kier molecular flexibility index (Phi) is 5.69. The lowest BCUT2D eigenvalue weighted by molar-refractivity contribution is 0.103. The lowest BCUT2D eigenvalue weighted by atomic mass is 10.1. The third-order valence-corrected chi connectivity index (χ3v) is 6.64. The zero-order valence-corrected chi connectivity index (χ0v) is 18.9. The zero-order valence-electron chi connectivity index (χ0n) is 17.2. The second-order valence-electron chi connectivity index (χ2n) is 7.09. The number of thiazole rings is 1. The molecule has 1 N–H and O–H groups in total. The number of hydrogen-bond donors (Lipinski definition) is 1. The van der Waals surface area contributed by atoms with E-state index in [1.54, 1.807) is 10.9 Å². The number of nitrogens with zero attached hydrogens (tertiary/aromatic N) is 3. The molecule has 0 spiro atoms. The van der Waals surface area contributed by atoms with E-state index in [-0.39, 0.29) is 5.91 Å². The van der Waals surface area contributed by atoms with Crippen LogP contribution in [0.4, 0.5) is 5.13 Å². The number of carbonyl (C=O) groups is 1. The quantitative estimate of drug-likeness (QED) is 0.440. The summed E-state index contributed by atoms with van der Waals surface area (Å²) in [6, 6.07) is 7.95. The van der Waals surface area contributed by atoms with Gasteiger partial charge in [0.05, 0.1) is 16.8 Å². The van der Waals surface area contributed by atoms with Crippen LogP contribution in [0, 0.1) is 20.8 Å². The molecule has 0 fully saturated rings. The first-order chi connectivity index (χ1) is 14.4. The topological polar surface area (TPSA) is 69.0 Å². The van der Waals surface area contributed by atoms with Crippen molar-refractivity contribution in [2.24, 2.45) is 7.05 Å². The Hall–Kier alpha value is -2.97. The van der Waals surface area contributed by atoms with Crippen molar-refractivity contribution in [3.05, 3.63) is 68.5 Å². The molecule has 0 aliphatic heterocycles. The Balaban J connectivity index is 1.40. The third kappa shape index (κ3) is 4.15. The number of rotatable bonds is 6. The number of benzene rings is 1. The average molecular weight is 439 g/mol. The molecule has 4 aromatic rings. The van der Waals surface area contributed by atoms with Gasteiger partial charge in [0.15, 0.2) is 5.13 Å². The molecular formula is C22H22N4O2S2. The van der Waals surface area contributed by atoms with Gasteiger partial charge in [-0.3, -0.25) is 14.8 Å². The molecule has 1 aromatic carbocycles. The van der Waals surface area contributed by atoms with Gasteiger partial charge in [0.1, 0.15) is 12.4 Å². The number of aryl methyl sites for hydroxylation is 3. The van der Waals surface area contributed by atoms with E-state index in [4.69, 9.17) is 4.74 Å². The number of nitrogens with one attached hydrogen (secondary N) is 1. The minimum atomic E-state index is -0.165. The van der Waals surface area contributed by atoms with Crippen molar-refractivity contribution < 1.29 is 9.53 Å². The number of anilines is 1. The van der Waals surface area contributed by atoms with Gasteiger partial charge in [-0.15, -0.1) is 22.7 Å². The summed E-state index contributed by atoms with van der Waals surface area (Å²) in [5, 5.41) is 11.6. The van der Waals surface area contributed by atoms with Crippen LogP contribution in [0.15, 0.2) is 41.2 Å². The van der Waals surface area contributed by atoms with E-state index in [1.165, 1.54) is 22.7 Å². The predicted octanol–water partition coefficient (Wildman–Crippen LogP) is 5.36. The summed E-state index contributed by atoms with van der Waals surface area (Å²) in [4.78, 5) is 17.8. The minimum Gasteiger partial charge on any atom is -0.488 e. The molecule has 6 nitrogen and oxygen atoms in total. The second kappa shape index (κ2) is 8.41. The van der Waals surface area contributed by atoms with E-state index in [9.17, 15) is 4.79 Å². The van der Waals surface area contributed by atoms with Crippen LogP contribution in [0.2, 0.25) is 0 Å². The maximum absolute atomic E-state index is 12.6. The Morgan fingerprint density at radius 1 is 1.17 bits per heavy atom. The number of aromatic nitrogens is 3. The van der Waals surface area contributed by atoms with Crippen molar-refractivity contribution in [3.8, 4) is 17.0 Å². The first kappa shape index (κ1) is 20.3. The molecule has 0 atom stereocenters. The molecule has 3 heterocycles. The summed E-state index contributed by atoms with van der Waals surface area (Å²) < 4.78 is 7.79. The fraction of sp³-hybridized carbons (Fsp3) is 0.227. The van der Waals surface area contributed by atoms with Crippen LogP contribution in [-0.2, 0) is 13.7 Å². The summed E-state index contributed by atoms with van der Waals surface area (Å²) >= 11 is 2.80. The number of carbonyl (C=O) groups excluding carboxylic acids is 1. The fourth-order valence-electron chi connectivity index (χ4n) is 3.12. The molecule has 0 aliphatic rings. The fourth-order valence-corrected chi connectivity index (χ4v) is 4.61. The lowest BCUT2D eigenvalue weighted by Crippen LogP contribution is -2.10. The average Bonchev–Trinajstić information content (AvgIpc) is 3.43. The first-order valence-corrected chi connectivity index (χ1v) is 11.2. The molecule has 0 radical (unpaired) electrons. The summed E-state index contributed by atoms with van der Waals surface area (Å²) in [5.41, 5.74) is 5.99. The zero-order chi connectivity index (χ0) is 21.3. The van der Waals surface area contributed by atoms with E-state index < -0.39 is 0 Å². The summed E-state index contributed by atoms with van der Waals surface area (Å²) in [5.74, 6) is 0.734. The van der Waals surface area contributed by atoms with E-state index in [1.807, 2.05) is 62.8 Å². The number of hydrogen-bond acceptors (Lipinski definition) is 6. The number of amides is 1. The highest BCUT2D eigenvalue weighted by atomic mass is 32.1. The highest BCUT2D eigenvalue weighted by Gasteiger charge is 2.15. The van der Waals surface area contributed by atoms with Crippen molar-refractivity contribution in [2.75, 3.05) is 5.32 Å². The molecule has 0 bridgehead atoms. The van der Waals surface area contributed by atoms with E-state index in [2.05, 4.69) is 15.4 Å². The first-order valence-electron chi connectivity index (χ1n) is 9.44. The molecule has 1 amide bonds. The third-order valence-electron chi connectivity index (χ3n) is 4.91. The molecule has 8 heteroatoms. The van der Waals surface area contributed by atoms with E-state index in [0.29, 0.717) is 16.6 Å². The van der Waals surface area contributed by atoms with Crippen molar-refractivity contribution in [1.29, 1.82) is 0 Å². The molecule has 0 saturated carbocycles. The molecule has 0 unspecified atom stereocenters. The van der Waals surface area contributed by atoms with Gasteiger partial charge >= 0.3 is 0 Å². The highest BCUT2D eigenvalue weighted by Crippen LogP contribution is 2.28. The standard InChI is InChI=1S/C22H22N4O2S2/c1-13-6-5-7-14(2)20(13)28-10-16-8-19(29-11-16)21(27)25-22-24-18(12-30-22)17-9-23-26(4)15(17)3/h5-9,11-12H,10H2,1-4H3,(H,24,25,27). The van der Waals surface area contributed by atoms with Crippen LogP contribution in [0.5, 0.6) is 5.75 Å². The SMILES string of the molecule is Cc1cccc(C)c1OCc1csc(C(=O)Nc2nc(-c3cnn(C)c3C)cs2)c1. The molecule has 0 saturated heterocycles.